The fourth-order valence-electron chi connectivity index (χ4n) is 2.98. The molecular formula is C16H19N3O5. The van der Waals surface area contributed by atoms with Crippen LogP contribution in [0.4, 0.5) is 0 Å². The van der Waals surface area contributed by atoms with Crippen LogP contribution in [0.5, 0.6) is 0 Å². The van der Waals surface area contributed by atoms with Crippen LogP contribution >= 0.6 is 0 Å². The van der Waals surface area contributed by atoms with Gasteiger partial charge in [-0.1, -0.05) is 6.42 Å². The predicted molar refractivity (Wildman–Crippen MR) is 85.2 cm³/mol. The van der Waals surface area contributed by atoms with Crippen LogP contribution in [0.3, 0.4) is 0 Å². The third-order valence-corrected chi connectivity index (χ3v) is 4.22. The fourth-order valence-corrected chi connectivity index (χ4v) is 2.98. The molecular weight excluding hydrogens is 314 g/mol. The molecule has 0 radical (unpaired) electrons. The first-order chi connectivity index (χ1) is 11.6. The van der Waals surface area contributed by atoms with Crippen LogP contribution in [0.2, 0.25) is 0 Å². The first kappa shape index (κ1) is 16.3. The Labute approximate surface area is 137 Å². The number of carboxylic acids is 1. The lowest BCUT2D eigenvalue weighted by molar-refractivity contribution is 0.0686. The van der Waals surface area contributed by atoms with Crippen molar-refractivity contribution < 1.29 is 14.3 Å². The maximum atomic E-state index is 12.7. The first-order valence-corrected chi connectivity index (χ1v) is 7.90. The molecule has 1 fully saturated rings. The Kier molecular flexibility index (Phi) is 4.66. The van der Waals surface area contributed by atoms with Crippen LogP contribution in [0.25, 0.3) is 0 Å². The smallest absolute Gasteiger partial charge is 0.352 e. The SMILES string of the molecule is O=C(O)c1[nH]c(=O)n(Cc2ccco2)c(=O)c1CN1CCCCC1. The van der Waals surface area contributed by atoms with Crippen LogP contribution in [-0.4, -0.2) is 38.6 Å². The number of carbonyl (C=O) groups is 1. The molecule has 2 aromatic rings. The van der Waals surface area contributed by atoms with Gasteiger partial charge in [0, 0.05) is 6.54 Å². The van der Waals surface area contributed by atoms with Crippen molar-refractivity contribution >= 4 is 5.97 Å². The zero-order chi connectivity index (χ0) is 17.1. The number of piperidine rings is 1. The van der Waals surface area contributed by atoms with Crippen LogP contribution in [-0.2, 0) is 13.1 Å². The maximum Gasteiger partial charge on any atom is 0.352 e. The summed E-state index contributed by atoms with van der Waals surface area (Å²) in [5, 5.41) is 9.34. The van der Waals surface area contributed by atoms with Crippen molar-refractivity contribution in [3.05, 3.63) is 56.3 Å². The van der Waals surface area contributed by atoms with Crippen molar-refractivity contribution in [1.29, 1.82) is 0 Å². The van der Waals surface area contributed by atoms with Gasteiger partial charge in [-0.2, -0.15) is 0 Å². The minimum absolute atomic E-state index is 0.0337. The van der Waals surface area contributed by atoms with E-state index in [1.54, 1.807) is 12.1 Å². The Morgan fingerprint density at radius 1 is 1.21 bits per heavy atom. The molecule has 0 bridgehead atoms. The summed E-state index contributed by atoms with van der Waals surface area (Å²) in [6.07, 6.45) is 4.63. The van der Waals surface area contributed by atoms with Crippen LogP contribution < -0.4 is 11.2 Å². The normalized spacial score (nSPS) is 15.5. The van der Waals surface area contributed by atoms with E-state index in [1.807, 2.05) is 4.90 Å². The van der Waals surface area contributed by atoms with Gasteiger partial charge in [0.15, 0.2) is 0 Å². The molecule has 1 aliphatic heterocycles. The minimum Gasteiger partial charge on any atom is -0.477 e. The quantitative estimate of drug-likeness (QED) is 0.840. The third-order valence-electron chi connectivity index (χ3n) is 4.22. The number of nitrogens with one attached hydrogen (secondary N) is 1. The van der Waals surface area contributed by atoms with Gasteiger partial charge in [-0.05, 0) is 38.1 Å². The summed E-state index contributed by atoms with van der Waals surface area (Å²) >= 11 is 0. The van der Waals surface area contributed by atoms with Crippen LogP contribution in [0.15, 0.2) is 32.4 Å². The van der Waals surface area contributed by atoms with Crippen molar-refractivity contribution in [3.8, 4) is 0 Å². The second-order valence-electron chi connectivity index (χ2n) is 5.90. The molecule has 0 aromatic carbocycles. The van der Waals surface area contributed by atoms with Crippen LogP contribution in [0.1, 0.15) is 41.1 Å². The molecule has 0 spiro atoms. The molecule has 0 unspecified atom stereocenters. The highest BCUT2D eigenvalue weighted by molar-refractivity contribution is 5.86. The standard InChI is InChI=1S/C16H19N3O5/c20-14-12(10-18-6-2-1-3-7-18)13(15(21)22)17-16(23)19(14)9-11-5-4-8-24-11/h4-5,8H,1-3,6-7,9-10H2,(H,17,23)(H,21,22). The van der Waals surface area contributed by atoms with E-state index < -0.39 is 17.2 Å². The summed E-state index contributed by atoms with van der Waals surface area (Å²) in [4.78, 5) is 40.7. The summed E-state index contributed by atoms with van der Waals surface area (Å²) in [5.41, 5.74) is -1.56. The number of aromatic carboxylic acids is 1. The van der Waals surface area contributed by atoms with Gasteiger partial charge in [0.25, 0.3) is 5.56 Å². The van der Waals surface area contributed by atoms with Gasteiger partial charge in [0.1, 0.15) is 11.5 Å². The molecule has 8 nitrogen and oxygen atoms in total. The van der Waals surface area contributed by atoms with E-state index in [2.05, 4.69) is 4.98 Å². The summed E-state index contributed by atoms with van der Waals surface area (Å²) in [7, 11) is 0. The van der Waals surface area contributed by atoms with E-state index in [1.165, 1.54) is 6.26 Å². The lowest BCUT2D eigenvalue weighted by Gasteiger charge is -2.26. The van der Waals surface area contributed by atoms with E-state index >= 15 is 0 Å². The van der Waals surface area contributed by atoms with Gasteiger partial charge in [0.05, 0.1) is 18.4 Å². The number of nitrogens with zero attached hydrogens (tertiary/aromatic N) is 2. The van der Waals surface area contributed by atoms with Gasteiger partial charge in [0.2, 0.25) is 0 Å². The second-order valence-corrected chi connectivity index (χ2v) is 5.90. The number of rotatable bonds is 5. The van der Waals surface area contributed by atoms with E-state index in [9.17, 15) is 19.5 Å². The van der Waals surface area contributed by atoms with Crippen molar-refractivity contribution in [3.63, 3.8) is 0 Å². The third kappa shape index (κ3) is 3.33. The molecule has 0 aliphatic carbocycles. The highest BCUT2D eigenvalue weighted by atomic mass is 16.4. The number of aromatic nitrogens is 2. The Hall–Kier alpha value is -2.61. The maximum absolute atomic E-state index is 12.7. The van der Waals surface area contributed by atoms with Crippen molar-refractivity contribution in [2.45, 2.75) is 32.4 Å². The molecule has 24 heavy (non-hydrogen) atoms. The lowest BCUT2D eigenvalue weighted by atomic mass is 10.1. The molecule has 8 heteroatoms. The summed E-state index contributed by atoms with van der Waals surface area (Å²) in [6.45, 7) is 1.81. The van der Waals surface area contributed by atoms with Gasteiger partial charge >= 0.3 is 11.7 Å². The molecule has 2 aromatic heterocycles. The molecule has 0 saturated carbocycles. The predicted octanol–water partition coefficient (Wildman–Crippen LogP) is 0.862. The summed E-state index contributed by atoms with van der Waals surface area (Å²) in [5.74, 6) is -0.851. The van der Waals surface area contributed by atoms with Gasteiger partial charge < -0.3 is 14.5 Å². The highest BCUT2D eigenvalue weighted by Crippen LogP contribution is 2.12. The number of hydrogen-bond donors (Lipinski definition) is 2. The van der Waals surface area contributed by atoms with E-state index in [0.717, 1.165) is 36.9 Å². The van der Waals surface area contributed by atoms with E-state index in [-0.39, 0.29) is 24.3 Å². The second kappa shape index (κ2) is 6.88. The topological polar surface area (TPSA) is 109 Å². The minimum atomic E-state index is -1.30. The van der Waals surface area contributed by atoms with Gasteiger partial charge in [-0.15, -0.1) is 0 Å². The average molecular weight is 333 g/mol. The molecule has 2 N–H and O–H groups in total. The van der Waals surface area contributed by atoms with Gasteiger partial charge in [-0.3, -0.25) is 14.3 Å². The molecule has 0 atom stereocenters. The van der Waals surface area contributed by atoms with E-state index in [4.69, 9.17) is 4.42 Å². The Bertz CT molecular complexity index is 828. The Morgan fingerprint density at radius 3 is 2.58 bits per heavy atom. The average Bonchev–Trinajstić information content (AvgIpc) is 3.08. The summed E-state index contributed by atoms with van der Waals surface area (Å²) < 4.78 is 6.15. The lowest BCUT2D eigenvalue weighted by Crippen LogP contribution is -2.42. The van der Waals surface area contributed by atoms with Gasteiger partial charge in [-0.25, -0.2) is 9.59 Å². The number of H-pyrrole nitrogens is 1. The zero-order valence-corrected chi connectivity index (χ0v) is 13.2. The molecule has 1 aliphatic rings. The van der Waals surface area contributed by atoms with Crippen molar-refractivity contribution in [1.82, 2.24) is 14.5 Å². The number of aromatic amines is 1. The van der Waals surface area contributed by atoms with E-state index in [0.29, 0.717) is 5.76 Å². The van der Waals surface area contributed by atoms with Crippen molar-refractivity contribution in [2.24, 2.45) is 0 Å². The highest BCUT2D eigenvalue weighted by Gasteiger charge is 2.22. The molecule has 3 rings (SSSR count). The van der Waals surface area contributed by atoms with Crippen LogP contribution in [0, 0.1) is 0 Å². The first-order valence-electron chi connectivity index (χ1n) is 7.90. The van der Waals surface area contributed by atoms with Crippen molar-refractivity contribution in [2.75, 3.05) is 13.1 Å². The Morgan fingerprint density at radius 2 is 1.96 bits per heavy atom. The monoisotopic (exact) mass is 333 g/mol. The largest absolute Gasteiger partial charge is 0.477 e. The summed E-state index contributed by atoms with van der Waals surface area (Å²) in [6, 6.07) is 3.32. The Balaban J connectivity index is 2.01. The zero-order valence-electron chi connectivity index (χ0n) is 13.2. The number of likely N-dealkylation sites (tertiary alicyclic amines) is 1. The molecule has 128 valence electrons. The molecule has 3 heterocycles. The molecule has 1 saturated heterocycles. The number of furan rings is 1. The number of hydrogen-bond acceptors (Lipinski definition) is 5. The number of carboxylic acid groups (broad SMARTS) is 1. The molecule has 0 amide bonds. The fraction of sp³-hybridized carbons (Fsp3) is 0.438.